The number of carboxylic acid groups (broad SMARTS) is 1. The molecular weight excluding hydrogens is 224 g/mol. The Bertz CT molecular complexity index is 420. The third-order valence-electron chi connectivity index (χ3n) is 2.06. The van der Waals surface area contributed by atoms with E-state index in [0.29, 0.717) is 11.4 Å². The average molecular weight is 238 g/mol. The van der Waals surface area contributed by atoms with E-state index in [1.807, 2.05) is 0 Å². The minimum absolute atomic E-state index is 0.0237. The molecule has 0 saturated carbocycles. The molecule has 0 amide bonds. The van der Waals surface area contributed by atoms with Gasteiger partial charge in [0.2, 0.25) is 0 Å². The summed E-state index contributed by atoms with van der Waals surface area (Å²) in [5.74, 6) is -0.905. The van der Waals surface area contributed by atoms with E-state index in [9.17, 15) is 9.59 Å². The quantitative estimate of drug-likeness (QED) is 0.748. The predicted molar refractivity (Wildman–Crippen MR) is 60.9 cm³/mol. The largest absolute Gasteiger partial charge is 0.481 e. The standard InChI is InChI=1S/C11H14N2O4/c1-7(5-10(14)15)13-9-6-8(3-4-12-9)11(16)17-2/h3-4,6-7H,5H2,1-2H3,(H,12,13)(H,14,15). The highest BCUT2D eigenvalue weighted by Gasteiger charge is 2.10. The fraction of sp³-hybridized carbons (Fsp3) is 0.364. The summed E-state index contributed by atoms with van der Waals surface area (Å²) in [6, 6.07) is 2.77. The van der Waals surface area contributed by atoms with Gasteiger partial charge in [-0.3, -0.25) is 4.79 Å². The average Bonchev–Trinajstić information content (AvgIpc) is 2.27. The number of ether oxygens (including phenoxy) is 1. The molecule has 17 heavy (non-hydrogen) atoms. The lowest BCUT2D eigenvalue weighted by molar-refractivity contribution is -0.137. The molecule has 0 radical (unpaired) electrons. The first kappa shape index (κ1) is 13.0. The van der Waals surface area contributed by atoms with Crippen LogP contribution in [0.4, 0.5) is 5.82 Å². The lowest BCUT2D eigenvalue weighted by Crippen LogP contribution is -2.20. The number of pyridine rings is 1. The highest BCUT2D eigenvalue weighted by Crippen LogP contribution is 2.10. The van der Waals surface area contributed by atoms with Crippen LogP contribution in [0.5, 0.6) is 0 Å². The minimum atomic E-state index is -0.894. The van der Waals surface area contributed by atoms with Gasteiger partial charge in [0.05, 0.1) is 19.1 Å². The Kier molecular flexibility index (Phi) is 4.45. The van der Waals surface area contributed by atoms with Gasteiger partial charge in [0.25, 0.3) is 0 Å². The number of anilines is 1. The third-order valence-corrected chi connectivity index (χ3v) is 2.06. The molecular formula is C11H14N2O4. The molecule has 0 spiro atoms. The highest BCUT2D eigenvalue weighted by atomic mass is 16.5. The van der Waals surface area contributed by atoms with Gasteiger partial charge in [-0.25, -0.2) is 9.78 Å². The summed E-state index contributed by atoms with van der Waals surface area (Å²) in [6.07, 6.45) is 1.44. The van der Waals surface area contributed by atoms with E-state index >= 15 is 0 Å². The zero-order valence-corrected chi connectivity index (χ0v) is 9.64. The number of carboxylic acids is 1. The van der Waals surface area contributed by atoms with E-state index in [-0.39, 0.29) is 12.5 Å². The normalized spacial score (nSPS) is 11.6. The minimum Gasteiger partial charge on any atom is -0.481 e. The molecule has 2 N–H and O–H groups in total. The van der Waals surface area contributed by atoms with Gasteiger partial charge in [0.1, 0.15) is 5.82 Å². The molecule has 1 heterocycles. The molecule has 0 aliphatic carbocycles. The van der Waals surface area contributed by atoms with Crippen LogP contribution in [0.1, 0.15) is 23.7 Å². The van der Waals surface area contributed by atoms with Crippen molar-refractivity contribution in [3.63, 3.8) is 0 Å². The maximum Gasteiger partial charge on any atom is 0.338 e. The van der Waals surface area contributed by atoms with E-state index in [1.54, 1.807) is 6.92 Å². The second-order valence-corrected chi connectivity index (χ2v) is 3.56. The number of methoxy groups -OCH3 is 1. The monoisotopic (exact) mass is 238 g/mol. The van der Waals surface area contributed by atoms with Crippen molar-refractivity contribution in [1.29, 1.82) is 0 Å². The van der Waals surface area contributed by atoms with Crippen molar-refractivity contribution in [2.45, 2.75) is 19.4 Å². The molecule has 1 aromatic heterocycles. The molecule has 92 valence electrons. The number of esters is 1. The summed E-state index contributed by atoms with van der Waals surface area (Å²) in [5.41, 5.74) is 0.368. The summed E-state index contributed by atoms with van der Waals surface area (Å²) in [5, 5.41) is 11.5. The van der Waals surface area contributed by atoms with Crippen LogP contribution >= 0.6 is 0 Å². The van der Waals surface area contributed by atoms with Crippen molar-refractivity contribution in [2.24, 2.45) is 0 Å². The Hall–Kier alpha value is -2.11. The number of nitrogens with zero attached hydrogens (tertiary/aromatic N) is 1. The molecule has 6 nitrogen and oxygen atoms in total. The summed E-state index contributed by atoms with van der Waals surface area (Å²) in [7, 11) is 1.29. The van der Waals surface area contributed by atoms with Crippen LogP contribution < -0.4 is 5.32 Å². The number of carbonyl (C=O) groups excluding carboxylic acids is 1. The van der Waals surface area contributed by atoms with Crippen LogP contribution in [-0.4, -0.2) is 35.2 Å². The number of rotatable bonds is 5. The molecule has 0 saturated heterocycles. The zero-order chi connectivity index (χ0) is 12.8. The summed E-state index contributed by atoms with van der Waals surface area (Å²) >= 11 is 0. The van der Waals surface area contributed by atoms with Crippen LogP contribution in [0.15, 0.2) is 18.3 Å². The lowest BCUT2D eigenvalue weighted by atomic mass is 10.2. The topological polar surface area (TPSA) is 88.5 Å². The van der Waals surface area contributed by atoms with Crippen molar-refractivity contribution >= 4 is 17.8 Å². The second kappa shape index (κ2) is 5.83. The molecule has 0 aliphatic rings. The lowest BCUT2D eigenvalue weighted by Gasteiger charge is -2.12. The maximum atomic E-state index is 11.3. The van der Waals surface area contributed by atoms with Gasteiger partial charge in [-0.2, -0.15) is 0 Å². The maximum absolute atomic E-state index is 11.3. The fourth-order valence-electron chi connectivity index (χ4n) is 1.32. The number of hydrogen-bond donors (Lipinski definition) is 2. The van der Waals surface area contributed by atoms with Crippen LogP contribution in [0, 0.1) is 0 Å². The van der Waals surface area contributed by atoms with E-state index in [4.69, 9.17) is 5.11 Å². The summed E-state index contributed by atoms with van der Waals surface area (Å²) in [6.45, 7) is 1.72. The Morgan fingerprint density at radius 2 is 2.29 bits per heavy atom. The van der Waals surface area contributed by atoms with Crippen LogP contribution in [-0.2, 0) is 9.53 Å². The molecule has 0 aliphatic heterocycles. The van der Waals surface area contributed by atoms with Crippen molar-refractivity contribution in [3.05, 3.63) is 23.9 Å². The molecule has 6 heteroatoms. The smallest absolute Gasteiger partial charge is 0.338 e. The first-order valence-electron chi connectivity index (χ1n) is 5.05. The SMILES string of the molecule is COC(=O)c1ccnc(NC(C)CC(=O)O)c1. The van der Waals surface area contributed by atoms with Gasteiger partial charge in [-0.15, -0.1) is 0 Å². The van der Waals surface area contributed by atoms with Gasteiger partial charge in [0, 0.05) is 12.2 Å². The highest BCUT2D eigenvalue weighted by molar-refractivity contribution is 5.90. The Morgan fingerprint density at radius 3 is 2.88 bits per heavy atom. The second-order valence-electron chi connectivity index (χ2n) is 3.56. The molecule has 1 aromatic rings. The van der Waals surface area contributed by atoms with Gasteiger partial charge < -0.3 is 15.2 Å². The Morgan fingerprint density at radius 1 is 1.59 bits per heavy atom. The summed E-state index contributed by atoms with van der Waals surface area (Å²) in [4.78, 5) is 25.7. The van der Waals surface area contributed by atoms with Crippen LogP contribution in [0.3, 0.4) is 0 Å². The molecule has 0 bridgehead atoms. The van der Waals surface area contributed by atoms with Gasteiger partial charge in [-0.1, -0.05) is 0 Å². The molecule has 1 atom stereocenters. The first-order valence-corrected chi connectivity index (χ1v) is 5.05. The summed E-state index contributed by atoms with van der Waals surface area (Å²) < 4.78 is 4.57. The van der Waals surface area contributed by atoms with Gasteiger partial charge in [0.15, 0.2) is 0 Å². The third kappa shape index (κ3) is 4.10. The van der Waals surface area contributed by atoms with Crippen molar-refractivity contribution < 1.29 is 19.4 Å². The molecule has 1 rings (SSSR count). The number of nitrogens with one attached hydrogen (secondary N) is 1. The number of hydrogen-bond acceptors (Lipinski definition) is 5. The van der Waals surface area contributed by atoms with E-state index < -0.39 is 11.9 Å². The Balaban J connectivity index is 2.72. The van der Waals surface area contributed by atoms with Crippen LogP contribution in [0.2, 0.25) is 0 Å². The Labute approximate surface area is 98.6 Å². The number of carbonyl (C=O) groups is 2. The zero-order valence-electron chi connectivity index (χ0n) is 9.64. The predicted octanol–water partition coefficient (Wildman–Crippen LogP) is 1.14. The van der Waals surface area contributed by atoms with E-state index in [1.165, 1.54) is 25.4 Å². The fourth-order valence-corrected chi connectivity index (χ4v) is 1.32. The van der Waals surface area contributed by atoms with Gasteiger partial charge in [-0.05, 0) is 19.1 Å². The molecule has 0 aromatic carbocycles. The van der Waals surface area contributed by atoms with Crippen molar-refractivity contribution in [1.82, 2.24) is 4.98 Å². The van der Waals surface area contributed by atoms with E-state index in [2.05, 4.69) is 15.0 Å². The van der Waals surface area contributed by atoms with E-state index in [0.717, 1.165) is 0 Å². The molecule has 1 unspecified atom stereocenters. The molecule has 0 fully saturated rings. The number of aromatic nitrogens is 1. The number of aliphatic carboxylic acids is 1. The van der Waals surface area contributed by atoms with Crippen LogP contribution in [0.25, 0.3) is 0 Å². The van der Waals surface area contributed by atoms with Crippen molar-refractivity contribution in [2.75, 3.05) is 12.4 Å². The van der Waals surface area contributed by atoms with Gasteiger partial charge >= 0.3 is 11.9 Å². The first-order chi connectivity index (χ1) is 8.02. The van der Waals surface area contributed by atoms with Crippen molar-refractivity contribution in [3.8, 4) is 0 Å².